The van der Waals surface area contributed by atoms with Gasteiger partial charge < -0.3 is 8.94 Å². The monoisotopic (exact) mass is 271 g/mol. The number of hydrogen-bond donors (Lipinski definition) is 0. The largest absolute Gasteiger partial charge is 0.469 e. The van der Waals surface area contributed by atoms with Crippen molar-refractivity contribution in [3.05, 3.63) is 52.5 Å². The van der Waals surface area contributed by atoms with Gasteiger partial charge in [-0.15, -0.1) is 0 Å². The van der Waals surface area contributed by atoms with E-state index in [9.17, 15) is 10.1 Å². The summed E-state index contributed by atoms with van der Waals surface area (Å²) in [6.45, 7) is 1.80. The first-order valence-corrected chi connectivity index (χ1v) is 5.78. The maximum atomic E-state index is 10.6. The number of non-ortho nitro benzene ring substituents is 1. The molecule has 0 atom stereocenters. The zero-order valence-corrected chi connectivity index (χ0v) is 10.4. The summed E-state index contributed by atoms with van der Waals surface area (Å²) in [7, 11) is 0. The topological polar surface area (TPSA) is 95.2 Å². The molecule has 3 rings (SSSR count). The molecule has 0 N–H and O–H groups in total. The molecule has 1 aromatic carbocycles. The highest BCUT2D eigenvalue weighted by atomic mass is 16.6. The van der Waals surface area contributed by atoms with E-state index in [0.29, 0.717) is 23.0 Å². The molecule has 0 amide bonds. The van der Waals surface area contributed by atoms with Crippen LogP contribution in [0.15, 0.2) is 45.5 Å². The molecule has 2 aromatic heterocycles. The van der Waals surface area contributed by atoms with Gasteiger partial charge in [-0.2, -0.15) is 4.98 Å². The van der Waals surface area contributed by atoms with E-state index >= 15 is 0 Å². The number of benzene rings is 1. The summed E-state index contributed by atoms with van der Waals surface area (Å²) < 4.78 is 10.3. The third kappa shape index (κ3) is 2.05. The summed E-state index contributed by atoms with van der Waals surface area (Å²) in [5.41, 5.74) is 1.39. The minimum Gasteiger partial charge on any atom is -0.469 e. The van der Waals surface area contributed by atoms with Crippen LogP contribution in [0.4, 0.5) is 5.69 Å². The third-order valence-electron chi connectivity index (χ3n) is 2.85. The number of nitro benzene ring substituents is 1. The molecule has 0 unspecified atom stereocenters. The molecule has 0 fully saturated rings. The average Bonchev–Trinajstić information content (AvgIpc) is 3.07. The van der Waals surface area contributed by atoms with Gasteiger partial charge in [0.25, 0.3) is 11.6 Å². The molecule has 7 nitrogen and oxygen atoms in total. The van der Waals surface area contributed by atoms with Gasteiger partial charge in [-0.3, -0.25) is 10.1 Å². The second-order valence-electron chi connectivity index (χ2n) is 4.12. The van der Waals surface area contributed by atoms with Crippen molar-refractivity contribution < 1.29 is 13.9 Å². The van der Waals surface area contributed by atoms with Gasteiger partial charge in [0.1, 0.15) is 5.76 Å². The Morgan fingerprint density at radius 3 is 2.55 bits per heavy atom. The lowest BCUT2D eigenvalue weighted by Crippen LogP contribution is -1.87. The summed E-state index contributed by atoms with van der Waals surface area (Å²) in [4.78, 5) is 14.4. The molecule has 0 saturated carbocycles. The van der Waals surface area contributed by atoms with Gasteiger partial charge in [0, 0.05) is 17.7 Å². The normalized spacial score (nSPS) is 10.7. The van der Waals surface area contributed by atoms with Crippen LogP contribution in [0.1, 0.15) is 5.76 Å². The van der Waals surface area contributed by atoms with Crippen LogP contribution in [0.2, 0.25) is 0 Å². The van der Waals surface area contributed by atoms with Gasteiger partial charge in [0.05, 0.1) is 16.7 Å². The smallest absolute Gasteiger partial charge is 0.269 e. The quantitative estimate of drug-likeness (QED) is 0.536. The number of aryl methyl sites for hydroxylation is 1. The van der Waals surface area contributed by atoms with Crippen LogP contribution in [0, 0.1) is 17.0 Å². The number of aromatic nitrogens is 2. The lowest BCUT2D eigenvalue weighted by molar-refractivity contribution is -0.384. The van der Waals surface area contributed by atoms with Gasteiger partial charge in [-0.05, 0) is 25.1 Å². The molecule has 20 heavy (non-hydrogen) atoms. The minimum atomic E-state index is -0.458. The Balaban J connectivity index is 1.94. The van der Waals surface area contributed by atoms with Gasteiger partial charge in [0.15, 0.2) is 0 Å². The van der Waals surface area contributed by atoms with E-state index < -0.39 is 4.92 Å². The Labute approximate surface area is 113 Å². The fraction of sp³-hybridized carbons (Fsp3) is 0.0769. The average molecular weight is 271 g/mol. The molecular weight excluding hydrogens is 262 g/mol. The standard InChI is InChI=1S/C13H9N3O4/c1-8-11(6-7-19-8)13-14-12(15-20-13)9-2-4-10(5-3-9)16(17)18/h2-7H,1H3. The lowest BCUT2D eigenvalue weighted by atomic mass is 10.2. The summed E-state index contributed by atoms with van der Waals surface area (Å²) in [5.74, 6) is 1.41. The number of furan rings is 1. The van der Waals surface area contributed by atoms with E-state index in [1.54, 1.807) is 31.4 Å². The zero-order valence-electron chi connectivity index (χ0n) is 10.4. The number of rotatable bonds is 3. The first-order chi connectivity index (χ1) is 9.65. The van der Waals surface area contributed by atoms with Crippen molar-refractivity contribution in [1.29, 1.82) is 0 Å². The van der Waals surface area contributed by atoms with Crippen molar-refractivity contribution in [2.75, 3.05) is 0 Å². The predicted molar refractivity (Wildman–Crippen MR) is 68.8 cm³/mol. The van der Waals surface area contributed by atoms with Crippen LogP contribution in [0.5, 0.6) is 0 Å². The maximum absolute atomic E-state index is 10.6. The summed E-state index contributed by atoms with van der Waals surface area (Å²) in [6, 6.07) is 7.69. The van der Waals surface area contributed by atoms with E-state index in [-0.39, 0.29) is 5.69 Å². The van der Waals surface area contributed by atoms with Crippen molar-refractivity contribution in [2.24, 2.45) is 0 Å². The molecule has 0 radical (unpaired) electrons. The van der Waals surface area contributed by atoms with Gasteiger partial charge in [-0.25, -0.2) is 0 Å². The van der Waals surface area contributed by atoms with Crippen LogP contribution >= 0.6 is 0 Å². The lowest BCUT2D eigenvalue weighted by Gasteiger charge is -1.93. The van der Waals surface area contributed by atoms with Crippen molar-refractivity contribution in [2.45, 2.75) is 6.92 Å². The van der Waals surface area contributed by atoms with E-state index in [1.165, 1.54) is 12.1 Å². The molecule has 2 heterocycles. The molecular formula is C13H9N3O4. The number of hydrogen-bond acceptors (Lipinski definition) is 6. The van der Waals surface area contributed by atoms with Crippen molar-refractivity contribution in [1.82, 2.24) is 10.1 Å². The van der Waals surface area contributed by atoms with Crippen molar-refractivity contribution in [3.63, 3.8) is 0 Å². The molecule has 0 bridgehead atoms. The maximum Gasteiger partial charge on any atom is 0.269 e. The number of nitro groups is 1. The first-order valence-electron chi connectivity index (χ1n) is 5.78. The SMILES string of the molecule is Cc1occc1-c1nc(-c2ccc([N+](=O)[O-])cc2)no1. The van der Waals surface area contributed by atoms with Gasteiger partial charge in [-0.1, -0.05) is 5.16 Å². The third-order valence-corrected chi connectivity index (χ3v) is 2.85. The van der Waals surface area contributed by atoms with Crippen molar-refractivity contribution >= 4 is 5.69 Å². The van der Waals surface area contributed by atoms with E-state index in [4.69, 9.17) is 8.94 Å². The van der Waals surface area contributed by atoms with E-state index in [0.717, 1.165) is 5.56 Å². The van der Waals surface area contributed by atoms with Gasteiger partial charge >= 0.3 is 0 Å². The van der Waals surface area contributed by atoms with Crippen LogP contribution in [0.3, 0.4) is 0 Å². The highest BCUT2D eigenvalue weighted by molar-refractivity contribution is 5.61. The second-order valence-corrected chi connectivity index (χ2v) is 4.12. The Hall–Kier alpha value is -2.96. The van der Waals surface area contributed by atoms with Gasteiger partial charge in [0.2, 0.25) is 5.82 Å². The predicted octanol–water partition coefficient (Wildman–Crippen LogP) is 3.21. The van der Waals surface area contributed by atoms with Crippen LogP contribution in [-0.4, -0.2) is 15.1 Å². The molecule has 7 heteroatoms. The van der Waals surface area contributed by atoms with Crippen molar-refractivity contribution in [3.8, 4) is 22.8 Å². The molecule has 100 valence electrons. The molecule has 0 spiro atoms. The highest BCUT2D eigenvalue weighted by Gasteiger charge is 2.15. The fourth-order valence-electron chi connectivity index (χ4n) is 1.79. The summed E-state index contributed by atoms with van der Waals surface area (Å²) in [5, 5.41) is 14.5. The summed E-state index contributed by atoms with van der Waals surface area (Å²) in [6.07, 6.45) is 1.54. The number of nitrogens with zero attached hydrogens (tertiary/aromatic N) is 3. The Bertz CT molecular complexity index is 758. The van der Waals surface area contributed by atoms with Crippen LogP contribution < -0.4 is 0 Å². The Morgan fingerprint density at radius 1 is 1.20 bits per heavy atom. The Kier molecular flexibility index (Phi) is 2.79. The second kappa shape index (κ2) is 4.61. The summed E-state index contributed by atoms with van der Waals surface area (Å²) >= 11 is 0. The molecule has 3 aromatic rings. The molecule has 0 aliphatic rings. The van der Waals surface area contributed by atoms with E-state index in [1.807, 2.05) is 0 Å². The van der Waals surface area contributed by atoms with Crippen LogP contribution in [-0.2, 0) is 0 Å². The van der Waals surface area contributed by atoms with Crippen LogP contribution in [0.25, 0.3) is 22.8 Å². The molecule has 0 saturated heterocycles. The Morgan fingerprint density at radius 2 is 1.95 bits per heavy atom. The molecule has 0 aliphatic carbocycles. The first kappa shape index (κ1) is 12.1. The highest BCUT2D eigenvalue weighted by Crippen LogP contribution is 2.26. The fourth-order valence-corrected chi connectivity index (χ4v) is 1.79. The molecule has 0 aliphatic heterocycles. The zero-order chi connectivity index (χ0) is 14.1. The van der Waals surface area contributed by atoms with E-state index in [2.05, 4.69) is 10.1 Å². The minimum absolute atomic E-state index is 0.0168.